The lowest BCUT2D eigenvalue weighted by molar-refractivity contribution is -0.384. The molecule has 8 nitrogen and oxygen atoms in total. The summed E-state index contributed by atoms with van der Waals surface area (Å²) in [5.41, 5.74) is -0.461. The Balaban J connectivity index is 1.82. The van der Waals surface area contributed by atoms with Gasteiger partial charge in [0.1, 0.15) is 5.69 Å². The minimum Gasteiger partial charge on any atom is -0.379 e. The van der Waals surface area contributed by atoms with Crippen molar-refractivity contribution in [3.8, 4) is 0 Å². The fraction of sp³-hybridized carbons (Fsp3) is 0.647. The highest BCUT2D eigenvalue weighted by molar-refractivity contribution is 7.89. The number of ether oxygens (including phenoxy) is 1. The quantitative estimate of drug-likeness (QED) is 0.561. The molecular weight excluding hydrogens is 415 g/mol. The van der Waals surface area contributed by atoms with E-state index in [4.69, 9.17) is 4.74 Å². The van der Waals surface area contributed by atoms with Crippen molar-refractivity contribution in [3.63, 3.8) is 0 Å². The number of halogens is 3. The van der Waals surface area contributed by atoms with Crippen molar-refractivity contribution < 1.29 is 31.2 Å². The normalized spacial score (nSPS) is 24.2. The molecule has 0 radical (unpaired) electrons. The third-order valence-electron chi connectivity index (χ3n) is 5.27. The number of hydrogen-bond donors (Lipinski definition) is 1. The summed E-state index contributed by atoms with van der Waals surface area (Å²) in [7, 11) is -3.92. The van der Waals surface area contributed by atoms with Gasteiger partial charge in [-0.1, -0.05) is 6.42 Å². The number of nitrogens with one attached hydrogen (secondary N) is 1. The zero-order valence-electron chi connectivity index (χ0n) is 15.5. The SMILES string of the molecule is O=[N+]([O-])c1cc(S(=O)(=O)N2CCOCC2)ccc1N[C@H]1CCC[C@@H](C(F)(F)F)C1. The summed E-state index contributed by atoms with van der Waals surface area (Å²) in [4.78, 5) is 10.5. The molecule has 0 bridgehead atoms. The molecule has 1 heterocycles. The summed E-state index contributed by atoms with van der Waals surface area (Å²) >= 11 is 0. The molecule has 0 unspecified atom stereocenters. The highest BCUT2D eigenvalue weighted by Gasteiger charge is 2.42. The van der Waals surface area contributed by atoms with Gasteiger partial charge in [-0.05, 0) is 31.4 Å². The summed E-state index contributed by atoms with van der Waals surface area (Å²) in [5, 5.41) is 14.3. The van der Waals surface area contributed by atoms with Gasteiger partial charge in [-0.2, -0.15) is 17.5 Å². The van der Waals surface area contributed by atoms with Crippen LogP contribution in [0.25, 0.3) is 0 Å². The molecule has 1 saturated heterocycles. The lowest BCUT2D eigenvalue weighted by Crippen LogP contribution is -2.40. The Labute approximate surface area is 166 Å². The van der Waals surface area contributed by atoms with Crippen LogP contribution in [0, 0.1) is 16.0 Å². The second kappa shape index (κ2) is 8.44. The van der Waals surface area contributed by atoms with Crippen molar-refractivity contribution in [1.29, 1.82) is 0 Å². The predicted molar refractivity (Wildman–Crippen MR) is 98.1 cm³/mol. The second-order valence-electron chi connectivity index (χ2n) is 7.20. The topological polar surface area (TPSA) is 102 Å². The molecule has 1 saturated carbocycles. The van der Waals surface area contributed by atoms with Crippen LogP contribution in [0.5, 0.6) is 0 Å². The van der Waals surface area contributed by atoms with Crippen LogP contribution in [0.15, 0.2) is 23.1 Å². The van der Waals surface area contributed by atoms with Gasteiger partial charge in [-0.3, -0.25) is 10.1 Å². The summed E-state index contributed by atoms with van der Waals surface area (Å²) in [6.45, 7) is 0.778. The molecule has 3 rings (SSSR count). The fourth-order valence-electron chi connectivity index (χ4n) is 3.72. The van der Waals surface area contributed by atoms with E-state index in [0.29, 0.717) is 12.8 Å². The fourth-order valence-corrected chi connectivity index (χ4v) is 5.15. The van der Waals surface area contributed by atoms with Gasteiger partial charge < -0.3 is 10.1 Å². The number of nitro benzene ring substituents is 1. The summed E-state index contributed by atoms with van der Waals surface area (Å²) < 4.78 is 70.8. The van der Waals surface area contributed by atoms with Gasteiger partial charge in [0.05, 0.1) is 29.0 Å². The van der Waals surface area contributed by atoms with Crippen molar-refractivity contribution in [2.24, 2.45) is 5.92 Å². The molecule has 2 atom stereocenters. The van der Waals surface area contributed by atoms with E-state index < -0.39 is 38.8 Å². The Hall–Kier alpha value is -1.92. The summed E-state index contributed by atoms with van der Waals surface area (Å²) in [6.07, 6.45) is -3.62. The van der Waals surface area contributed by atoms with Crippen molar-refractivity contribution in [3.05, 3.63) is 28.3 Å². The molecule has 1 aliphatic carbocycles. The Morgan fingerprint density at radius 3 is 2.52 bits per heavy atom. The number of nitro groups is 1. The van der Waals surface area contributed by atoms with Crippen LogP contribution in [0.3, 0.4) is 0 Å². The third-order valence-corrected chi connectivity index (χ3v) is 7.17. The van der Waals surface area contributed by atoms with E-state index >= 15 is 0 Å². The van der Waals surface area contributed by atoms with Crippen LogP contribution < -0.4 is 5.32 Å². The van der Waals surface area contributed by atoms with Gasteiger partial charge in [0, 0.05) is 25.2 Å². The minimum absolute atomic E-state index is 0.0174. The molecule has 0 amide bonds. The smallest absolute Gasteiger partial charge is 0.379 e. The van der Waals surface area contributed by atoms with E-state index in [-0.39, 0.29) is 49.7 Å². The van der Waals surface area contributed by atoms with Gasteiger partial charge in [0.2, 0.25) is 10.0 Å². The number of sulfonamides is 1. The monoisotopic (exact) mass is 437 g/mol. The van der Waals surface area contributed by atoms with E-state index in [1.807, 2.05) is 0 Å². The molecule has 29 heavy (non-hydrogen) atoms. The first kappa shape index (κ1) is 21.8. The van der Waals surface area contributed by atoms with E-state index in [9.17, 15) is 31.7 Å². The summed E-state index contributed by atoms with van der Waals surface area (Å²) in [5.74, 6) is -1.45. The lowest BCUT2D eigenvalue weighted by Gasteiger charge is -2.31. The maximum atomic E-state index is 13.0. The number of alkyl halides is 3. The van der Waals surface area contributed by atoms with Crippen LogP contribution in [-0.2, 0) is 14.8 Å². The molecule has 1 aromatic rings. The molecule has 0 aromatic heterocycles. The van der Waals surface area contributed by atoms with E-state index in [1.165, 1.54) is 16.4 Å². The summed E-state index contributed by atoms with van der Waals surface area (Å²) in [6, 6.07) is 2.88. The Bertz CT molecular complexity index is 856. The molecule has 162 valence electrons. The molecule has 0 spiro atoms. The average Bonchev–Trinajstić information content (AvgIpc) is 2.68. The standard InChI is InChI=1S/C17H22F3N3O5S/c18-17(19,20)12-2-1-3-13(10-12)21-15-5-4-14(11-16(15)23(24)25)29(26,27)22-6-8-28-9-7-22/h4-5,11-13,21H,1-3,6-10H2/t12-,13+/m1/s1. The second-order valence-corrected chi connectivity index (χ2v) is 9.14. The van der Waals surface area contributed by atoms with E-state index in [1.54, 1.807) is 0 Å². The van der Waals surface area contributed by atoms with Crippen molar-refractivity contribution in [2.45, 2.75) is 42.8 Å². The zero-order chi connectivity index (χ0) is 21.2. The van der Waals surface area contributed by atoms with Gasteiger partial charge in [-0.15, -0.1) is 0 Å². The van der Waals surface area contributed by atoms with E-state index in [2.05, 4.69) is 5.32 Å². The first-order chi connectivity index (χ1) is 13.6. The number of hydrogen-bond acceptors (Lipinski definition) is 6. The predicted octanol–water partition coefficient (Wildman–Crippen LogP) is 3.15. The third kappa shape index (κ3) is 4.98. The van der Waals surface area contributed by atoms with Crippen LogP contribution in [-0.4, -0.2) is 56.2 Å². The molecular formula is C17H22F3N3O5S. The molecule has 1 aliphatic heterocycles. The van der Waals surface area contributed by atoms with Crippen LogP contribution in [0.2, 0.25) is 0 Å². The lowest BCUT2D eigenvalue weighted by atomic mass is 9.85. The first-order valence-corrected chi connectivity index (χ1v) is 10.7. The highest BCUT2D eigenvalue weighted by atomic mass is 32.2. The molecule has 1 aromatic carbocycles. The molecule has 2 fully saturated rings. The zero-order valence-corrected chi connectivity index (χ0v) is 16.3. The largest absolute Gasteiger partial charge is 0.391 e. The van der Waals surface area contributed by atoms with Crippen LogP contribution in [0.1, 0.15) is 25.7 Å². The number of rotatable bonds is 5. The number of benzene rings is 1. The Morgan fingerprint density at radius 1 is 1.21 bits per heavy atom. The minimum atomic E-state index is -4.30. The number of morpholine rings is 1. The van der Waals surface area contributed by atoms with Gasteiger partial charge in [0.25, 0.3) is 5.69 Å². The Kier molecular flexibility index (Phi) is 6.34. The average molecular weight is 437 g/mol. The first-order valence-electron chi connectivity index (χ1n) is 9.28. The highest BCUT2D eigenvalue weighted by Crippen LogP contribution is 2.39. The molecule has 2 aliphatic rings. The van der Waals surface area contributed by atoms with Gasteiger partial charge in [-0.25, -0.2) is 8.42 Å². The number of nitrogens with zero attached hydrogens (tertiary/aromatic N) is 2. The van der Waals surface area contributed by atoms with Gasteiger partial charge >= 0.3 is 6.18 Å². The van der Waals surface area contributed by atoms with E-state index in [0.717, 1.165) is 6.07 Å². The number of anilines is 1. The van der Waals surface area contributed by atoms with Crippen LogP contribution in [0.4, 0.5) is 24.5 Å². The van der Waals surface area contributed by atoms with Crippen molar-refractivity contribution >= 4 is 21.4 Å². The molecule has 12 heteroatoms. The Morgan fingerprint density at radius 2 is 1.90 bits per heavy atom. The van der Waals surface area contributed by atoms with Crippen LogP contribution >= 0.6 is 0 Å². The van der Waals surface area contributed by atoms with Crippen molar-refractivity contribution in [2.75, 3.05) is 31.6 Å². The molecule has 1 N–H and O–H groups in total. The van der Waals surface area contributed by atoms with Gasteiger partial charge in [0.15, 0.2) is 0 Å². The van der Waals surface area contributed by atoms with Crippen molar-refractivity contribution in [1.82, 2.24) is 4.31 Å². The maximum Gasteiger partial charge on any atom is 0.391 e. The maximum absolute atomic E-state index is 13.0.